The first kappa shape index (κ1) is 20.4. The van der Waals surface area contributed by atoms with Crippen molar-refractivity contribution in [2.75, 3.05) is 13.2 Å². The van der Waals surface area contributed by atoms with Gasteiger partial charge in [-0.05, 0) is 31.0 Å². The predicted octanol–water partition coefficient (Wildman–Crippen LogP) is 3.16. The molecule has 9 heteroatoms. The van der Waals surface area contributed by atoms with E-state index in [0.29, 0.717) is 25.5 Å². The van der Waals surface area contributed by atoms with Crippen molar-refractivity contribution in [1.29, 1.82) is 0 Å². The van der Waals surface area contributed by atoms with E-state index in [4.69, 9.17) is 9.47 Å². The minimum Gasteiger partial charge on any atom is -0.486 e. The maximum atomic E-state index is 12.7. The van der Waals surface area contributed by atoms with Crippen LogP contribution >= 0.6 is 0 Å². The van der Waals surface area contributed by atoms with Crippen LogP contribution < -0.4 is 14.8 Å². The minimum atomic E-state index is -0.595. The summed E-state index contributed by atoms with van der Waals surface area (Å²) in [7, 11) is 0. The average molecular weight is 422 g/mol. The highest BCUT2D eigenvalue weighted by atomic mass is 16.6. The summed E-state index contributed by atoms with van der Waals surface area (Å²) >= 11 is 0. The lowest BCUT2D eigenvalue weighted by Crippen LogP contribution is -2.24. The summed E-state index contributed by atoms with van der Waals surface area (Å²) < 4.78 is 12.8. The van der Waals surface area contributed by atoms with Crippen molar-refractivity contribution in [1.82, 2.24) is 15.1 Å². The fraction of sp³-hybridized carbons (Fsp3) is 0.273. The van der Waals surface area contributed by atoms with E-state index in [0.717, 1.165) is 22.5 Å². The normalized spacial score (nSPS) is 12.5. The Morgan fingerprint density at radius 1 is 1.13 bits per heavy atom. The molecule has 0 radical (unpaired) electrons. The fourth-order valence-electron chi connectivity index (χ4n) is 3.53. The van der Waals surface area contributed by atoms with Crippen LogP contribution in [0.5, 0.6) is 11.5 Å². The third-order valence-electron chi connectivity index (χ3n) is 4.98. The second-order valence-electron chi connectivity index (χ2n) is 7.36. The number of ether oxygens (including phenoxy) is 2. The van der Waals surface area contributed by atoms with Crippen molar-refractivity contribution in [2.45, 2.75) is 26.9 Å². The SMILES string of the molecule is Cc1cc(C)n(Cc2cccc(CNC(=O)c3cc4c(cc3[N+](=O)[O-])OCCO4)c2)n1. The van der Waals surface area contributed by atoms with Gasteiger partial charge in [0.2, 0.25) is 0 Å². The molecule has 0 saturated heterocycles. The fourth-order valence-corrected chi connectivity index (χ4v) is 3.53. The molecule has 1 aromatic heterocycles. The smallest absolute Gasteiger partial charge is 0.286 e. The lowest BCUT2D eigenvalue weighted by atomic mass is 10.1. The number of aryl methyl sites for hydroxylation is 2. The molecule has 1 N–H and O–H groups in total. The Bertz CT molecular complexity index is 1150. The van der Waals surface area contributed by atoms with Crippen molar-refractivity contribution in [3.63, 3.8) is 0 Å². The van der Waals surface area contributed by atoms with Crippen molar-refractivity contribution in [2.24, 2.45) is 0 Å². The number of aromatic nitrogens is 2. The highest BCUT2D eigenvalue weighted by molar-refractivity contribution is 5.99. The summed E-state index contributed by atoms with van der Waals surface area (Å²) in [4.78, 5) is 23.6. The molecule has 1 amide bonds. The predicted molar refractivity (Wildman–Crippen MR) is 113 cm³/mol. The minimum absolute atomic E-state index is 0.0620. The zero-order valence-electron chi connectivity index (χ0n) is 17.3. The van der Waals surface area contributed by atoms with Gasteiger partial charge in [0.15, 0.2) is 11.5 Å². The van der Waals surface area contributed by atoms with Crippen molar-refractivity contribution in [3.05, 3.63) is 80.7 Å². The van der Waals surface area contributed by atoms with Gasteiger partial charge in [-0.25, -0.2) is 0 Å². The van der Waals surface area contributed by atoms with Gasteiger partial charge in [-0.1, -0.05) is 24.3 Å². The third kappa shape index (κ3) is 4.50. The summed E-state index contributed by atoms with van der Waals surface area (Å²) in [6.45, 7) is 5.44. The number of hydrogen-bond donors (Lipinski definition) is 1. The Balaban J connectivity index is 1.49. The maximum absolute atomic E-state index is 12.7. The number of benzene rings is 2. The van der Waals surface area contributed by atoms with Crippen molar-refractivity contribution < 1.29 is 19.2 Å². The number of fused-ring (bicyclic) bond motifs is 1. The highest BCUT2D eigenvalue weighted by Gasteiger charge is 2.26. The molecule has 3 aromatic rings. The van der Waals surface area contributed by atoms with Gasteiger partial charge < -0.3 is 14.8 Å². The number of nitrogens with zero attached hydrogens (tertiary/aromatic N) is 3. The van der Waals surface area contributed by atoms with Crippen LogP contribution in [0.15, 0.2) is 42.5 Å². The van der Waals surface area contributed by atoms with Crippen LogP contribution in [-0.4, -0.2) is 33.8 Å². The molecule has 0 saturated carbocycles. The number of carbonyl (C=O) groups excluding carboxylic acids is 1. The molecule has 1 aliphatic rings. The Hall–Kier alpha value is -3.88. The summed E-state index contributed by atoms with van der Waals surface area (Å²) in [5.41, 5.74) is 3.58. The average Bonchev–Trinajstić information content (AvgIpc) is 3.07. The molecule has 4 rings (SSSR count). The molecule has 31 heavy (non-hydrogen) atoms. The number of nitrogens with one attached hydrogen (secondary N) is 1. The van der Waals surface area contributed by atoms with Gasteiger partial charge in [-0.3, -0.25) is 19.6 Å². The van der Waals surface area contributed by atoms with E-state index in [-0.39, 0.29) is 23.5 Å². The van der Waals surface area contributed by atoms with Crippen molar-refractivity contribution in [3.8, 4) is 11.5 Å². The molecular formula is C22H22N4O5. The molecule has 2 aromatic carbocycles. The molecule has 0 atom stereocenters. The molecule has 0 spiro atoms. The van der Waals surface area contributed by atoms with E-state index >= 15 is 0 Å². The topological polar surface area (TPSA) is 109 Å². The summed E-state index contributed by atoms with van der Waals surface area (Å²) in [5, 5.41) is 18.7. The van der Waals surface area contributed by atoms with E-state index in [2.05, 4.69) is 10.4 Å². The van der Waals surface area contributed by atoms with Gasteiger partial charge in [0.25, 0.3) is 11.6 Å². The van der Waals surface area contributed by atoms with Gasteiger partial charge in [-0.2, -0.15) is 5.10 Å². The third-order valence-corrected chi connectivity index (χ3v) is 4.98. The van der Waals surface area contributed by atoms with Gasteiger partial charge in [-0.15, -0.1) is 0 Å². The molecule has 2 heterocycles. The first-order valence-electron chi connectivity index (χ1n) is 9.86. The van der Waals surface area contributed by atoms with E-state index in [1.54, 1.807) is 0 Å². The molecule has 0 aliphatic carbocycles. The van der Waals surface area contributed by atoms with Crippen LogP contribution in [0.4, 0.5) is 5.69 Å². The standard InChI is InChI=1S/C22H22N4O5/c1-14-8-15(2)25(24-14)13-17-5-3-4-16(9-17)12-23-22(27)18-10-20-21(31-7-6-30-20)11-19(18)26(28)29/h3-5,8-11H,6-7,12-13H2,1-2H3,(H,23,27). The van der Waals surface area contributed by atoms with E-state index in [9.17, 15) is 14.9 Å². The lowest BCUT2D eigenvalue weighted by molar-refractivity contribution is -0.385. The van der Waals surface area contributed by atoms with E-state index in [1.807, 2.05) is 48.9 Å². The Labute approximate surface area is 178 Å². The first-order chi connectivity index (χ1) is 14.9. The quantitative estimate of drug-likeness (QED) is 0.483. The van der Waals surface area contributed by atoms with Crippen LogP contribution in [0, 0.1) is 24.0 Å². The van der Waals surface area contributed by atoms with Crippen LogP contribution in [-0.2, 0) is 13.1 Å². The van der Waals surface area contributed by atoms with E-state index < -0.39 is 10.8 Å². The van der Waals surface area contributed by atoms with Gasteiger partial charge >= 0.3 is 0 Å². The van der Waals surface area contributed by atoms with Crippen LogP contribution in [0.3, 0.4) is 0 Å². The van der Waals surface area contributed by atoms with Crippen LogP contribution in [0.2, 0.25) is 0 Å². The highest BCUT2D eigenvalue weighted by Crippen LogP contribution is 2.36. The number of hydrogen-bond acceptors (Lipinski definition) is 6. The maximum Gasteiger partial charge on any atom is 0.286 e. The van der Waals surface area contributed by atoms with E-state index in [1.165, 1.54) is 12.1 Å². The molecule has 0 unspecified atom stereocenters. The number of nitro benzene ring substituents is 1. The zero-order valence-corrected chi connectivity index (χ0v) is 17.3. The molecule has 1 aliphatic heterocycles. The Morgan fingerprint density at radius 3 is 2.52 bits per heavy atom. The lowest BCUT2D eigenvalue weighted by Gasteiger charge is -2.19. The molecule has 0 bridgehead atoms. The number of nitro groups is 1. The largest absolute Gasteiger partial charge is 0.486 e. The number of rotatable bonds is 6. The molecular weight excluding hydrogens is 400 g/mol. The van der Waals surface area contributed by atoms with Crippen LogP contribution in [0.1, 0.15) is 32.9 Å². The van der Waals surface area contributed by atoms with Crippen molar-refractivity contribution >= 4 is 11.6 Å². The summed E-state index contributed by atoms with van der Waals surface area (Å²) in [6, 6.07) is 12.4. The number of amides is 1. The Morgan fingerprint density at radius 2 is 1.84 bits per heavy atom. The first-order valence-corrected chi connectivity index (χ1v) is 9.86. The Kier molecular flexibility index (Phi) is 5.57. The second-order valence-corrected chi connectivity index (χ2v) is 7.36. The zero-order chi connectivity index (χ0) is 22.0. The second kappa shape index (κ2) is 8.47. The molecule has 160 valence electrons. The van der Waals surface area contributed by atoms with Crippen LogP contribution in [0.25, 0.3) is 0 Å². The van der Waals surface area contributed by atoms with Gasteiger partial charge in [0, 0.05) is 18.3 Å². The monoisotopic (exact) mass is 422 g/mol. The molecule has 0 fully saturated rings. The molecule has 9 nitrogen and oxygen atoms in total. The summed E-state index contributed by atoms with van der Waals surface area (Å²) in [6.07, 6.45) is 0. The summed E-state index contributed by atoms with van der Waals surface area (Å²) in [5.74, 6) is 0.0489. The number of carbonyl (C=O) groups is 1. The van der Waals surface area contributed by atoms with Gasteiger partial charge in [0.1, 0.15) is 18.8 Å². The van der Waals surface area contributed by atoms with Gasteiger partial charge in [0.05, 0.1) is 23.2 Å².